The Balaban J connectivity index is 2.06. The van der Waals surface area contributed by atoms with Gasteiger partial charge in [0, 0.05) is 14.1 Å². The number of carbonyl (C=O) groups excluding carboxylic acids is 1. The number of nitrogens with zero attached hydrogens (tertiary/aromatic N) is 3. The van der Waals surface area contributed by atoms with Gasteiger partial charge in [0.2, 0.25) is 0 Å². The smallest absolute Gasteiger partial charge is 0.265 e. The normalized spacial score (nSPS) is 16.2. The van der Waals surface area contributed by atoms with Gasteiger partial charge in [0.25, 0.3) is 15.9 Å². The molecule has 2 aromatic rings. The van der Waals surface area contributed by atoms with Crippen molar-refractivity contribution >= 4 is 21.6 Å². The van der Waals surface area contributed by atoms with Crippen LogP contribution in [0.1, 0.15) is 5.56 Å². The summed E-state index contributed by atoms with van der Waals surface area (Å²) in [6.07, 6.45) is -0.937. The summed E-state index contributed by atoms with van der Waals surface area (Å²) < 4.78 is 33.2. The molecule has 1 heterocycles. The lowest BCUT2D eigenvalue weighted by atomic mass is 10.2. The molecule has 3 rings (SSSR count). The first-order valence-electron chi connectivity index (χ1n) is 7.84. The van der Waals surface area contributed by atoms with Gasteiger partial charge in [-0.25, -0.2) is 8.42 Å². The van der Waals surface area contributed by atoms with E-state index in [-0.39, 0.29) is 17.3 Å². The van der Waals surface area contributed by atoms with Crippen molar-refractivity contribution in [1.29, 1.82) is 5.26 Å². The number of anilines is 1. The number of nitriles is 1. The lowest BCUT2D eigenvalue weighted by Crippen LogP contribution is -2.50. The largest absolute Gasteiger partial charge is 0.476 e. The molecule has 1 aliphatic rings. The van der Waals surface area contributed by atoms with Gasteiger partial charge in [-0.05, 0) is 36.4 Å². The fourth-order valence-electron chi connectivity index (χ4n) is 2.68. The van der Waals surface area contributed by atoms with Gasteiger partial charge in [0.1, 0.15) is 5.75 Å². The zero-order valence-electron chi connectivity index (χ0n) is 14.3. The van der Waals surface area contributed by atoms with Crippen molar-refractivity contribution in [2.45, 2.75) is 11.0 Å². The van der Waals surface area contributed by atoms with Crippen molar-refractivity contribution in [2.75, 3.05) is 24.9 Å². The number of benzene rings is 2. The molecule has 0 bridgehead atoms. The number of amides is 1. The number of sulfonamides is 1. The van der Waals surface area contributed by atoms with Gasteiger partial charge in [-0.3, -0.25) is 9.10 Å². The van der Waals surface area contributed by atoms with E-state index in [4.69, 9.17) is 10.00 Å². The van der Waals surface area contributed by atoms with Crippen molar-refractivity contribution in [1.82, 2.24) is 4.90 Å². The highest BCUT2D eigenvalue weighted by molar-refractivity contribution is 7.92. The van der Waals surface area contributed by atoms with E-state index in [2.05, 4.69) is 0 Å². The summed E-state index contributed by atoms with van der Waals surface area (Å²) in [5, 5.41) is 8.89. The fraction of sp³-hybridized carbons (Fsp3) is 0.222. The lowest BCUT2D eigenvalue weighted by Gasteiger charge is -2.35. The van der Waals surface area contributed by atoms with E-state index < -0.39 is 16.1 Å². The van der Waals surface area contributed by atoms with Crippen LogP contribution in [-0.2, 0) is 14.8 Å². The summed E-state index contributed by atoms with van der Waals surface area (Å²) in [4.78, 5) is 13.8. The molecule has 0 radical (unpaired) electrons. The van der Waals surface area contributed by atoms with Gasteiger partial charge in [-0.15, -0.1) is 0 Å². The average Bonchev–Trinajstić information content (AvgIpc) is 2.66. The Morgan fingerprint density at radius 1 is 1.19 bits per heavy atom. The molecule has 0 spiro atoms. The molecule has 0 saturated heterocycles. The molecule has 2 aromatic carbocycles. The number of para-hydroxylation sites is 2. The van der Waals surface area contributed by atoms with Crippen molar-refractivity contribution in [3.05, 3.63) is 54.1 Å². The average molecular weight is 371 g/mol. The number of fused-ring (bicyclic) bond motifs is 1. The van der Waals surface area contributed by atoms with Crippen molar-refractivity contribution < 1.29 is 17.9 Å². The van der Waals surface area contributed by atoms with E-state index in [1.54, 1.807) is 38.4 Å². The van der Waals surface area contributed by atoms with Gasteiger partial charge < -0.3 is 9.64 Å². The molecular weight excluding hydrogens is 354 g/mol. The summed E-state index contributed by atoms with van der Waals surface area (Å²) >= 11 is 0. The number of hydrogen-bond donors (Lipinski definition) is 0. The third kappa shape index (κ3) is 3.09. The van der Waals surface area contributed by atoms with Crippen LogP contribution in [0.15, 0.2) is 53.4 Å². The molecule has 1 atom stereocenters. The quantitative estimate of drug-likeness (QED) is 0.817. The van der Waals surface area contributed by atoms with Gasteiger partial charge >= 0.3 is 0 Å². The Labute approximate surface area is 152 Å². The summed E-state index contributed by atoms with van der Waals surface area (Å²) in [5.41, 5.74) is 0.742. The van der Waals surface area contributed by atoms with Crippen LogP contribution in [0.3, 0.4) is 0 Å². The van der Waals surface area contributed by atoms with Crippen LogP contribution < -0.4 is 9.04 Å². The van der Waals surface area contributed by atoms with Crippen LogP contribution >= 0.6 is 0 Å². The predicted molar refractivity (Wildman–Crippen MR) is 95.2 cm³/mol. The number of hydrogen-bond acceptors (Lipinski definition) is 5. The Kier molecular flexibility index (Phi) is 4.57. The summed E-state index contributed by atoms with van der Waals surface area (Å²) in [5.74, 6) is 0.00991. The lowest BCUT2D eigenvalue weighted by molar-refractivity contribution is -0.135. The second-order valence-corrected chi connectivity index (χ2v) is 7.84. The molecule has 8 heteroatoms. The van der Waals surface area contributed by atoms with Crippen LogP contribution in [0.2, 0.25) is 0 Å². The van der Waals surface area contributed by atoms with Crippen LogP contribution in [0.25, 0.3) is 0 Å². The van der Waals surface area contributed by atoms with Crippen LogP contribution in [-0.4, -0.2) is 46.0 Å². The molecule has 0 saturated carbocycles. The molecule has 0 aliphatic carbocycles. The summed E-state index contributed by atoms with van der Waals surface area (Å²) in [6, 6.07) is 14.3. The standard InChI is InChI=1S/C18H17N3O4S/c1-20(2)18(22)17-12-21(15-5-3-4-6-16(15)25-17)26(23,24)14-9-7-13(11-19)8-10-14/h3-10,17H,12H2,1-2H3/t17-/m1/s1. The predicted octanol–water partition coefficient (Wildman–Crippen LogP) is 1.60. The number of likely N-dealkylation sites (N-methyl/N-ethyl adjacent to an activating group) is 1. The first kappa shape index (κ1) is 17.8. The van der Waals surface area contributed by atoms with E-state index in [1.165, 1.54) is 33.5 Å². The molecule has 1 amide bonds. The zero-order valence-corrected chi connectivity index (χ0v) is 15.1. The van der Waals surface area contributed by atoms with Crippen molar-refractivity contribution in [3.63, 3.8) is 0 Å². The topological polar surface area (TPSA) is 90.7 Å². The zero-order chi connectivity index (χ0) is 18.9. The van der Waals surface area contributed by atoms with E-state index in [0.717, 1.165) is 0 Å². The summed E-state index contributed by atoms with van der Waals surface area (Å²) in [7, 11) is -0.741. The first-order chi connectivity index (χ1) is 12.3. The van der Waals surface area contributed by atoms with Crippen LogP contribution in [0.5, 0.6) is 5.75 Å². The molecule has 26 heavy (non-hydrogen) atoms. The second-order valence-electron chi connectivity index (χ2n) is 5.98. The highest BCUT2D eigenvalue weighted by Crippen LogP contribution is 2.37. The number of ether oxygens (including phenoxy) is 1. The van der Waals surface area contributed by atoms with E-state index in [1.807, 2.05) is 6.07 Å². The summed E-state index contributed by atoms with van der Waals surface area (Å²) in [6.45, 7) is -0.129. The third-order valence-corrected chi connectivity index (χ3v) is 5.82. The fourth-order valence-corrected chi connectivity index (χ4v) is 4.15. The Hall–Kier alpha value is -3.05. The number of carbonyl (C=O) groups is 1. The first-order valence-corrected chi connectivity index (χ1v) is 9.28. The number of rotatable bonds is 3. The maximum Gasteiger partial charge on any atom is 0.265 e. The van der Waals surface area contributed by atoms with E-state index in [0.29, 0.717) is 17.0 Å². The van der Waals surface area contributed by atoms with Gasteiger partial charge in [-0.2, -0.15) is 5.26 Å². The molecular formula is C18H17N3O4S. The Morgan fingerprint density at radius 3 is 2.46 bits per heavy atom. The third-order valence-electron chi connectivity index (χ3n) is 4.02. The Bertz CT molecular complexity index is 978. The maximum absolute atomic E-state index is 13.2. The molecule has 0 aromatic heterocycles. The van der Waals surface area contributed by atoms with Crippen molar-refractivity contribution in [3.8, 4) is 11.8 Å². The maximum atomic E-state index is 13.2. The second kappa shape index (κ2) is 6.69. The molecule has 134 valence electrons. The molecule has 1 aliphatic heterocycles. The highest BCUT2D eigenvalue weighted by atomic mass is 32.2. The minimum atomic E-state index is -3.92. The molecule has 0 unspecified atom stereocenters. The molecule has 7 nitrogen and oxygen atoms in total. The van der Waals surface area contributed by atoms with Gasteiger partial charge in [-0.1, -0.05) is 12.1 Å². The SMILES string of the molecule is CN(C)C(=O)[C@H]1CN(S(=O)(=O)c2ccc(C#N)cc2)c2ccccc2O1. The highest BCUT2D eigenvalue weighted by Gasteiger charge is 2.37. The minimum absolute atomic E-state index is 0.0456. The van der Waals surface area contributed by atoms with Crippen molar-refractivity contribution in [2.24, 2.45) is 0 Å². The molecule has 0 fully saturated rings. The van der Waals surface area contributed by atoms with Gasteiger partial charge in [0.05, 0.1) is 28.8 Å². The Morgan fingerprint density at radius 2 is 1.85 bits per heavy atom. The van der Waals surface area contributed by atoms with Crippen LogP contribution in [0.4, 0.5) is 5.69 Å². The minimum Gasteiger partial charge on any atom is -0.476 e. The van der Waals surface area contributed by atoms with E-state index >= 15 is 0 Å². The van der Waals surface area contributed by atoms with Crippen LogP contribution in [0, 0.1) is 11.3 Å². The van der Waals surface area contributed by atoms with E-state index in [9.17, 15) is 13.2 Å². The monoisotopic (exact) mass is 371 g/mol. The van der Waals surface area contributed by atoms with Gasteiger partial charge in [0.15, 0.2) is 6.10 Å². The molecule has 0 N–H and O–H groups in total.